The topological polar surface area (TPSA) is 93.6 Å². The molecule has 0 heterocycles. The number of ether oxygens (including phenoxy) is 1. The van der Waals surface area contributed by atoms with Crippen molar-refractivity contribution in [3.8, 4) is 0 Å². The fourth-order valence-corrected chi connectivity index (χ4v) is 1.81. The van der Waals surface area contributed by atoms with Crippen molar-refractivity contribution in [1.29, 1.82) is 0 Å². The van der Waals surface area contributed by atoms with Crippen LogP contribution in [0.3, 0.4) is 0 Å². The van der Waals surface area contributed by atoms with E-state index in [1.54, 1.807) is 4.90 Å². The maximum atomic E-state index is 12.1. The molecule has 0 spiro atoms. The monoisotopic (exact) mass is 302 g/mol. The van der Waals surface area contributed by atoms with Crippen LogP contribution in [0.4, 0.5) is 4.79 Å². The molecule has 0 bridgehead atoms. The zero-order valence-corrected chi connectivity index (χ0v) is 14.0. The molecule has 0 rings (SSSR count). The maximum absolute atomic E-state index is 12.1. The number of rotatable bonds is 11. The van der Waals surface area contributed by atoms with E-state index in [1.165, 1.54) is 0 Å². The Morgan fingerprint density at radius 3 is 2.14 bits per heavy atom. The highest BCUT2D eigenvalue weighted by Gasteiger charge is 2.21. The van der Waals surface area contributed by atoms with Gasteiger partial charge in [0, 0.05) is 13.1 Å². The standard InChI is InChI=1S/C15H34N4O2/c1-15(2,3)21-14(20)19(13-7-9-17)12-5-4-10-18-11-6-8-16/h18H,4-13,16-17H2,1-3H3. The van der Waals surface area contributed by atoms with Gasteiger partial charge in [-0.25, -0.2) is 4.79 Å². The summed E-state index contributed by atoms with van der Waals surface area (Å²) in [5, 5.41) is 3.34. The summed E-state index contributed by atoms with van der Waals surface area (Å²) in [5.41, 5.74) is 10.5. The Morgan fingerprint density at radius 2 is 1.57 bits per heavy atom. The fraction of sp³-hybridized carbons (Fsp3) is 0.933. The summed E-state index contributed by atoms with van der Waals surface area (Å²) in [7, 11) is 0. The molecule has 0 aliphatic rings. The largest absolute Gasteiger partial charge is 0.444 e. The van der Waals surface area contributed by atoms with Crippen LogP contribution < -0.4 is 16.8 Å². The van der Waals surface area contributed by atoms with E-state index in [2.05, 4.69) is 5.32 Å². The molecule has 0 aliphatic carbocycles. The Morgan fingerprint density at radius 1 is 1.00 bits per heavy atom. The predicted octanol–water partition coefficient (Wildman–Crippen LogP) is 1.29. The molecule has 0 unspecified atom stereocenters. The van der Waals surface area contributed by atoms with Crippen molar-refractivity contribution in [2.45, 2.75) is 52.1 Å². The molecule has 0 radical (unpaired) electrons. The third kappa shape index (κ3) is 12.6. The smallest absolute Gasteiger partial charge is 0.410 e. The Balaban J connectivity index is 3.98. The summed E-state index contributed by atoms with van der Waals surface area (Å²) in [4.78, 5) is 13.9. The van der Waals surface area contributed by atoms with E-state index in [0.29, 0.717) is 19.6 Å². The lowest BCUT2D eigenvalue weighted by Crippen LogP contribution is -2.38. The van der Waals surface area contributed by atoms with Crippen molar-refractivity contribution in [3.63, 3.8) is 0 Å². The van der Waals surface area contributed by atoms with Crippen LogP contribution in [-0.2, 0) is 4.74 Å². The minimum atomic E-state index is -0.457. The van der Waals surface area contributed by atoms with E-state index in [1.807, 2.05) is 20.8 Å². The molecule has 6 heteroatoms. The van der Waals surface area contributed by atoms with E-state index >= 15 is 0 Å². The van der Waals surface area contributed by atoms with Crippen molar-refractivity contribution in [2.75, 3.05) is 39.3 Å². The third-order valence-corrected chi connectivity index (χ3v) is 2.87. The van der Waals surface area contributed by atoms with E-state index in [-0.39, 0.29) is 6.09 Å². The van der Waals surface area contributed by atoms with Crippen LogP contribution in [0.25, 0.3) is 0 Å². The van der Waals surface area contributed by atoms with Crippen LogP contribution in [-0.4, -0.2) is 55.9 Å². The summed E-state index contributed by atoms with van der Waals surface area (Å²) < 4.78 is 5.42. The van der Waals surface area contributed by atoms with Gasteiger partial charge in [0.05, 0.1) is 0 Å². The van der Waals surface area contributed by atoms with Crippen molar-refractivity contribution in [2.24, 2.45) is 11.5 Å². The SMILES string of the molecule is CC(C)(C)OC(=O)N(CCCN)CCCCNCCCN. The van der Waals surface area contributed by atoms with Crippen LogP contribution in [0.15, 0.2) is 0 Å². The average molecular weight is 302 g/mol. The van der Waals surface area contributed by atoms with Crippen molar-refractivity contribution in [1.82, 2.24) is 10.2 Å². The number of nitrogens with two attached hydrogens (primary N) is 2. The first-order valence-corrected chi connectivity index (χ1v) is 7.99. The molecule has 1 amide bonds. The van der Waals surface area contributed by atoms with Crippen LogP contribution in [0.1, 0.15) is 46.5 Å². The summed E-state index contributed by atoms with van der Waals surface area (Å²) in [5.74, 6) is 0. The summed E-state index contributed by atoms with van der Waals surface area (Å²) in [6.07, 6.45) is 3.55. The van der Waals surface area contributed by atoms with Crippen LogP contribution >= 0.6 is 0 Å². The van der Waals surface area contributed by atoms with Gasteiger partial charge in [0.25, 0.3) is 0 Å². The molecule has 6 nitrogen and oxygen atoms in total. The highest BCUT2D eigenvalue weighted by molar-refractivity contribution is 5.68. The number of carbonyl (C=O) groups excluding carboxylic acids is 1. The first kappa shape index (κ1) is 20.1. The van der Waals surface area contributed by atoms with Gasteiger partial charge in [-0.2, -0.15) is 0 Å². The molecular formula is C15H34N4O2. The second-order valence-electron chi connectivity index (χ2n) is 6.21. The first-order valence-electron chi connectivity index (χ1n) is 7.99. The lowest BCUT2D eigenvalue weighted by molar-refractivity contribution is 0.0246. The van der Waals surface area contributed by atoms with Gasteiger partial charge in [-0.05, 0) is 72.6 Å². The Kier molecular flexibility index (Phi) is 11.3. The average Bonchev–Trinajstić information content (AvgIpc) is 2.39. The molecule has 126 valence electrons. The number of carbonyl (C=O) groups is 1. The van der Waals surface area contributed by atoms with Gasteiger partial charge < -0.3 is 26.4 Å². The van der Waals surface area contributed by atoms with E-state index in [9.17, 15) is 4.79 Å². The zero-order chi connectivity index (χ0) is 16.1. The molecule has 0 atom stereocenters. The van der Waals surface area contributed by atoms with Gasteiger partial charge in [0.1, 0.15) is 5.60 Å². The van der Waals surface area contributed by atoms with Gasteiger partial charge in [-0.15, -0.1) is 0 Å². The van der Waals surface area contributed by atoms with E-state index in [4.69, 9.17) is 16.2 Å². The molecule has 5 N–H and O–H groups in total. The van der Waals surface area contributed by atoms with Crippen LogP contribution in [0.2, 0.25) is 0 Å². The summed E-state index contributed by atoms with van der Waals surface area (Å²) in [6.45, 7) is 10.2. The highest BCUT2D eigenvalue weighted by atomic mass is 16.6. The van der Waals surface area contributed by atoms with Crippen LogP contribution in [0.5, 0.6) is 0 Å². The van der Waals surface area contributed by atoms with Gasteiger partial charge >= 0.3 is 6.09 Å². The second-order valence-corrected chi connectivity index (χ2v) is 6.21. The number of unbranched alkanes of at least 4 members (excludes halogenated alkanes) is 1. The lowest BCUT2D eigenvalue weighted by atomic mass is 10.2. The quantitative estimate of drug-likeness (QED) is 0.500. The fourth-order valence-electron chi connectivity index (χ4n) is 1.81. The number of nitrogens with zero attached hydrogens (tertiary/aromatic N) is 1. The molecule has 0 aromatic carbocycles. The number of amides is 1. The molecule has 0 saturated carbocycles. The highest BCUT2D eigenvalue weighted by Crippen LogP contribution is 2.10. The van der Waals surface area contributed by atoms with Crippen molar-refractivity contribution < 1.29 is 9.53 Å². The molecule has 0 saturated heterocycles. The Labute approximate surface area is 129 Å². The number of nitrogens with one attached hydrogen (secondary N) is 1. The van der Waals surface area contributed by atoms with Crippen molar-refractivity contribution in [3.05, 3.63) is 0 Å². The minimum absolute atomic E-state index is 0.243. The molecule has 0 aliphatic heterocycles. The minimum Gasteiger partial charge on any atom is -0.444 e. The summed E-state index contributed by atoms with van der Waals surface area (Å²) >= 11 is 0. The van der Waals surface area contributed by atoms with Gasteiger partial charge in [0.2, 0.25) is 0 Å². The predicted molar refractivity (Wildman–Crippen MR) is 87.3 cm³/mol. The van der Waals surface area contributed by atoms with Gasteiger partial charge in [0.15, 0.2) is 0 Å². The van der Waals surface area contributed by atoms with Gasteiger partial charge in [-0.1, -0.05) is 0 Å². The second kappa shape index (κ2) is 11.8. The summed E-state index contributed by atoms with van der Waals surface area (Å²) in [6, 6.07) is 0. The van der Waals surface area contributed by atoms with E-state index in [0.717, 1.165) is 45.3 Å². The maximum Gasteiger partial charge on any atom is 0.410 e. The molecule has 0 fully saturated rings. The zero-order valence-electron chi connectivity index (χ0n) is 14.0. The van der Waals surface area contributed by atoms with E-state index < -0.39 is 5.60 Å². The molecule has 0 aromatic rings. The third-order valence-electron chi connectivity index (χ3n) is 2.87. The molecular weight excluding hydrogens is 268 g/mol. The Hall–Kier alpha value is -0.850. The molecule has 21 heavy (non-hydrogen) atoms. The molecule has 0 aromatic heterocycles. The lowest BCUT2D eigenvalue weighted by Gasteiger charge is -2.27. The number of hydrogen-bond acceptors (Lipinski definition) is 5. The van der Waals surface area contributed by atoms with Crippen LogP contribution in [0, 0.1) is 0 Å². The number of hydrogen-bond donors (Lipinski definition) is 3. The normalized spacial score (nSPS) is 11.5. The Bertz CT molecular complexity index is 267. The van der Waals surface area contributed by atoms with Crippen molar-refractivity contribution >= 4 is 6.09 Å². The van der Waals surface area contributed by atoms with Gasteiger partial charge in [-0.3, -0.25) is 0 Å². The first-order chi connectivity index (χ1) is 9.90.